The lowest BCUT2D eigenvalue weighted by Gasteiger charge is -2.28. The van der Waals surface area contributed by atoms with E-state index in [0.717, 1.165) is 18.4 Å². The minimum absolute atomic E-state index is 0.00315. The molecule has 1 aromatic rings. The molecule has 1 rings (SSSR count). The molecular formula is C17H25ClN2O2. The molecule has 0 unspecified atom stereocenters. The van der Waals surface area contributed by atoms with E-state index in [1.165, 1.54) is 0 Å². The lowest BCUT2D eigenvalue weighted by atomic mass is 10.1. The Labute approximate surface area is 137 Å². The van der Waals surface area contributed by atoms with Crippen molar-refractivity contribution >= 4 is 23.4 Å². The molecule has 0 fully saturated rings. The van der Waals surface area contributed by atoms with Crippen LogP contribution >= 0.6 is 11.6 Å². The zero-order valence-corrected chi connectivity index (χ0v) is 14.3. The van der Waals surface area contributed by atoms with Crippen LogP contribution in [0.4, 0.5) is 0 Å². The van der Waals surface area contributed by atoms with Gasteiger partial charge < -0.3 is 10.2 Å². The van der Waals surface area contributed by atoms with Gasteiger partial charge >= 0.3 is 0 Å². The number of carbonyl (C=O) groups excluding carboxylic acids is 2. The fraction of sp³-hybridized carbons (Fsp3) is 0.529. The largest absolute Gasteiger partial charge is 0.354 e. The average molecular weight is 325 g/mol. The zero-order valence-electron chi connectivity index (χ0n) is 13.6. The molecule has 2 amide bonds. The van der Waals surface area contributed by atoms with Crippen molar-refractivity contribution in [2.24, 2.45) is 0 Å². The number of halogens is 1. The monoisotopic (exact) mass is 324 g/mol. The second kappa shape index (κ2) is 9.46. The van der Waals surface area contributed by atoms with Crippen molar-refractivity contribution in [3.63, 3.8) is 0 Å². The van der Waals surface area contributed by atoms with E-state index in [-0.39, 0.29) is 11.8 Å². The SMILES string of the molecule is CCCNC(=O)[C@@H](C)N(Cc1ccc(Cl)cc1)C(=O)CCC. The summed E-state index contributed by atoms with van der Waals surface area (Å²) in [5, 5.41) is 3.51. The van der Waals surface area contributed by atoms with E-state index in [2.05, 4.69) is 5.32 Å². The first-order valence-electron chi connectivity index (χ1n) is 7.81. The molecule has 0 saturated heterocycles. The maximum atomic E-state index is 12.4. The topological polar surface area (TPSA) is 49.4 Å². The molecule has 0 aliphatic heterocycles. The molecule has 1 atom stereocenters. The summed E-state index contributed by atoms with van der Waals surface area (Å²) in [5.41, 5.74) is 0.962. The van der Waals surface area contributed by atoms with Gasteiger partial charge in [-0.1, -0.05) is 37.6 Å². The lowest BCUT2D eigenvalue weighted by molar-refractivity contribution is -0.140. The minimum Gasteiger partial charge on any atom is -0.354 e. The summed E-state index contributed by atoms with van der Waals surface area (Å²) >= 11 is 5.89. The van der Waals surface area contributed by atoms with Gasteiger partial charge in [0, 0.05) is 24.5 Å². The summed E-state index contributed by atoms with van der Waals surface area (Å²) in [6.07, 6.45) is 2.08. The van der Waals surface area contributed by atoms with Crippen molar-refractivity contribution in [2.75, 3.05) is 6.54 Å². The van der Waals surface area contributed by atoms with E-state index in [0.29, 0.717) is 24.5 Å². The van der Waals surface area contributed by atoms with Crippen molar-refractivity contribution in [3.8, 4) is 0 Å². The second-order valence-corrected chi connectivity index (χ2v) is 5.80. The molecule has 0 bridgehead atoms. The Morgan fingerprint density at radius 2 is 1.82 bits per heavy atom. The zero-order chi connectivity index (χ0) is 16.5. The van der Waals surface area contributed by atoms with E-state index in [1.54, 1.807) is 24.0 Å². The number of benzene rings is 1. The van der Waals surface area contributed by atoms with Crippen LogP contribution in [0.15, 0.2) is 24.3 Å². The van der Waals surface area contributed by atoms with Gasteiger partial charge in [0.1, 0.15) is 6.04 Å². The Morgan fingerprint density at radius 1 is 1.18 bits per heavy atom. The highest BCUT2D eigenvalue weighted by Gasteiger charge is 2.25. The van der Waals surface area contributed by atoms with E-state index < -0.39 is 6.04 Å². The first-order chi connectivity index (χ1) is 10.5. The van der Waals surface area contributed by atoms with Crippen LogP contribution in [0.2, 0.25) is 5.02 Å². The molecule has 1 aromatic carbocycles. The van der Waals surface area contributed by atoms with Crippen LogP contribution in [-0.4, -0.2) is 29.3 Å². The van der Waals surface area contributed by atoms with Crippen LogP contribution in [0.5, 0.6) is 0 Å². The molecule has 0 aromatic heterocycles. The molecule has 5 heteroatoms. The third-order valence-corrected chi connectivity index (χ3v) is 3.70. The quantitative estimate of drug-likeness (QED) is 0.797. The average Bonchev–Trinajstić information content (AvgIpc) is 2.51. The first kappa shape index (κ1) is 18.5. The Balaban J connectivity index is 2.85. The maximum absolute atomic E-state index is 12.4. The number of amides is 2. The molecule has 0 saturated carbocycles. The summed E-state index contributed by atoms with van der Waals surface area (Å²) in [5.74, 6) is -0.114. The predicted molar refractivity (Wildman–Crippen MR) is 89.7 cm³/mol. The Hall–Kier alpha value is -1.55. The van der Waals surface area contributed by atoms with E-state index >= 15 is 0 Å². The van der Waals surface area contributed by atoms with Gasteiger partial charge in [-0.3, -0.25) is 9.59 Å². The number of rotatable bonds is 8. The van der Waals surface area contributed by atoms with Crippen LogP contribution in [-0.2, 0) is 16.1 Å². The molecule has 4 nitrogen and oxygen atoms in total. The maximum Gasteiger partial charge on any atom is 0.242 e. The highest BCUT2D eigenvalue weighted by molar-refractivity contribution is 6.30. The normalized spacial score (nSPS) is 11.8. The Bertz CT molecular complexity index is 488. The number of nitrogens with one attached hydrogen (secondary N) is 1. The molecule has 0 radical (unpaired) electrons. The third-order valence-electron chi connectivity index (χ3n) is 3.45. The molecule has 1 N–H and O–H groups in total. The van der Waals surface area contributed by atoms with Gasteiger partial charge in [-0.2, -0.15) is 0 Å². The number of hydrogen-bond acceptors (Lipinski definition) is 2. The molecule has 0 aliphatic rings. The first-order valence-corrected chi connectivity index (χ1v) is 8.19. The van der Waals surface area contributed by atoms with Gasteiger partial charge in [0.25, 0.3) is 0 Å². The van der Waals surface area contributed by atoms with Crippen molar-refractivity contribution in [2.45, 2.75) is 52.6 Å². The highest BCUT2D eigenvalue weighted by atomic mass is 35.5. The lowest BCUT2D eigenvalue weighted by Crippen LogP contribution is -2.47. The van der Waals surface area contributed by atoms with Gasteiger partial charge in [-0.25, -0.2) is 0 Å². The summed E-state index contributed by atoms with van der Waals surface area (Å²) < 4.78 is 0. The highest BCUT2D eigenvalue weighted by Crippen LogP contribution is 2.14. The van der Waals surface area contributed by atoms with Gasteiger partial charge in [0.05, 0.1) is 0 Å². The smallest absolute Gasteiger partial charge is 0.242 e. The van der Waals surface area contributed by atoms with Gasteiger partial charge in [0.2, 0.25) is 11.8 Å². The third kappa shape index (κ3) is 5.68. The Morgan fingerprint density at radius 3 is 2.36 bits per heavy atom. The molecule has 0 aliphatic carbocycles. The standard InChI is InChI=1S/C17H25ClN2O2/c1-4-6-16(21)20(13(3)17(22)19-11-5-2)12-14-7-9-15(18)10-8-14/h7-10,13H,4-6,11-12H2,1-3H3,(H,19,22)/t13-/m1/s1. The summed E-state index contributed by atoms with van der Waals surface area (Å²) in [6.45, 7) is 6.77. The van der Waals surface area contributed by atoms with Crippen molar-refractivity contribution in [3.05, 3.63) is 34.9 Å². The van der Waals surface area contributed by atoms with Crippen molar-refractivity contribution < 1.29 is 9.59 Å². The fourth-order valence-corrected chi connectivity index (χ4v) is 2.25. The number of hydrogen-bond donors (Lipinski definition) is 1. The van der Waals surface area contributed by atoms with Crippen LogP contribution in [0, 0.1) is 0 Å². The van der Waals surface area contributed by atoms with Gasteiger partial charge in [0.15, 0.2) is 0 Å². The van der Waals surface area contributed by atoms with Gasteiger partial charge in [-0.15, -0.1) is 0 Å². The van der Waals surface area contributed by atoms with Crippen LogP contribution in [0.3, 0.4) is 0 Å². The Kier molecular flexibility index (Phi) is 7.96. The van der Waals surface area contributed by atoms with Crippen LogP contribution in [0.25, 0.3) is 0 Å². The summed E-state index contributed by atoms with van der Waals surface area (Å²) in [6, 6.07) is 6.86. The fourth-order valence-electron chi connectivity index (χ4n) is 2.12. The molecular weight excluding hydrogens is 300 g/mol. The van der Waals surface area contributed by atoms with Crippen LogP contribution in [0.1, 0.15) is 45.6 Å². The second-order valence-electron chi connectivity index (χ2n) is 5.37. The van der Waals surface area contributed by atoms with Gasteiger partial charge in [-0.05, 0) is 37.5 Å². The van der Waals surface area contributed by atoms with E-state index in [1.807, 2.05) is 26.0 Å². The van der Waals surface area contributed by atoms with E-state index in [4.69, 9.17) is 11.6 Å². The minimum atomic E-state index is -0.485. The van der Waals surface area contributed by atoms with Crippen molar-refractivity contribution in [1.29, 1.82) is 0 Å². The van der Waals surface area contributed by atoms with Crippen LogP contribution < -0.4 is 5.32 Å². The molecule has 22 heavy (non-hydrogen) atoms. The molecule has 122 valence electrons. The molecule has 0 spiro atoms. The number of carbonyl (C=O) groups is 2. The summed E-state index contributed by atoms with van der Waals surface area (Å²) in [4.78, 5) is 26.2. The molecule has 0 heterocycles. The number of nitrogens with zero attached hydrogens (tertiary/aromatic N) is 1. The van der Waals surface area contributed by atoms with E-state index in [9.17, 15) is 9.59 Å². The summed E-state index contributed by atoms with van der Waals surface area (Å²) in [7, 11) is 0. The van der Waals surface area contributed by atoms with Crippen molar-refractivity contribution in [1.82, 2.24) is 10.2 Å². The predicted octanol–water partition coefficient (Wildman–Crippen LogP) is 3.38.